The summed E-state index contributed by atoms with van der Waals surface area (Å²) in [6, 6.07) is 7.15. The largest absolute Gasteiger partial charge is 0.460 e. The molecule has 122 valence electrons. The van der Waals surface area contributed by atoms with Crippen LogP contribution in [0.4, 0.5) is 0 Å². The molecule has 0 fully saturated rings. The minimum atomic E-state index is -0.571. The molecule has 1 aromatic heterocycles. The van der Waals surface area contributed by atoms with E-state index in [-0.39, 0.29) is 11.8 Å². The van der Waals surface area contributed by atoms with Crippen LogP contribution in [-0.2, 0) is 16.0 Å². The van der Waals surface area contributed by atoms with Gasteiger partial charge in [0.2, 0.25) is 11.8 Å². The zero-order chi connectivity index (χ0) is 16.8. The highest BCUT2D eigenvalue weighted by molar-refractivity contribution is 5.98. The van der Waals surface area contributed by atoms with Gasteiger partial charge >= 0.3 is 0 Å². The van der Waals surface area contributed by atoms with Gasteiger partial charge in [-0.05, 0) is 26.0 Å². The van der Waals surface area contributed by atoms with Crippen LogP contribution < -0.4 is 10.6 Å². The van der Waals surface area contributed by atoms with E-state index in [0.717, 1.165) is 28.7 Å². The second-order valence-corrected chi connectivity index (χ2v) is 5.25. The molecule has 1 atom stereocenters. The number of benzene rings is 1. The van der Waals surface area contributed by atoms with Gasteiger partial charge in [0.15, 0.2) is 0 Å². The number of hydrogen-bond donors (Lipinski definition) is 2. The van der Waals surface area contributed by atoms with Crippen molar-refractivity contribution >= 4 is 28.9 Å². The van der Waals surface area contributed by atoms with Gasteiger partial charge in [-0.1, -0.05) is 25.1 Å². The Bertz CT molecular complexity index is 731. The standard InChI is InChI=1S/C18H22N2O3/c1-4-15-14(13-8-6-7-9-16(13)23-15)10-11-17(21)20-12(3)18(22)19-5-2/h6-12H,4-5H2,1-3H3,(H,19,22)(H,20,21)/b11-10+/t12-/m0/s1. The molecule has 0 saturated heterocycles. The summed E-state index contributed by atoms with van der Waals surface area (Å²) in [5.41, 5.74) is 1.71. The number of aryl methyl sites for hydroxylation is 1. The number of rotatable bonds is 6. The summed E-state index contributed by atoms with van der Waals surface area (Å²) >= 11 is 0. The fourth-order valence-electron chi connectivity index (χ4n) is 2.37. The third-order valence-corrected chi connectivity index (χ3v) is 3.54. The van der Waals surface area contributed by atoms with Crippen molar-refractivity contribution in [2.45, 2.75) is 33.2 Å². The number of carbonyl (C=O) groups is 2. The molecule has 0 aliphatic rings. The quantitative estimate of drug-likeness (QED) is 0.805. The lowest BCUT2D eigenvalue weighted by molar-refractivity contribution is -0.126. The average Bonchev–Trinajstić information content (AvgIpc) is 2.90. The molecule has 0 unspecified atom stereocenters. The van der Waals surface area contributed by atoms with Crippen molar-refractivity contribution in [1.29, 1.82) is 0 Å². The molecule has 0 radical (unpaired) electrons. The van der Waals surface area contributed by atoms with E-state index in [1.165, 1.54) is 6.08 Å². The molecule has 5 nitrogen and oxygen atoms in total. The molecule has 23 heavy (non-hydrogen) atoms. The van der Waals surface area contributed by atoms with Crippen LogP contribution in [-0.4, -0.2) is 24.4 Å². The van der Waals surface area contributed by atoms with Crippen LogP contribution in [0.15, 0.2) is 34.8 Å². The van der Waals surface area contributed by atoms with Crippen LogP contribution in [0.1, 0.15) is 32.1 Å². The summed E-state index contributed by atoms with van der Waals surface area (Å²) < 4.78 is 5.78. The van der Waals surface area contributed by atoms with Crippen molar-refractivity contribution in [3.63, 3.8) is 0 Å². The Kier molecular flexibility index (Phi) is 5.57. The van der Waals surface area contributed by atoms with E-state index >= 15 is 0 Å². The number of nitrogens with one attached hydrogen (secondary N) is 2. The van der Waals surface area contributed by atoms with Gasteiger partial charge in [-0.25, -0.2) is 0 Å². The van der Waals surface area contributed by atoms with Gasteiger partial charge in [0.05, 0.1) is 0 Å². The number of amides is 2. The van der Waals surface area contributed by atoms with Crippen LogP contribution >= 0.6 is 0 Å². The molecule has 0 bridgehead atoms. The predicted molar refractivity (Wildman–Crippen MR) is 90.9 cm³/mol. The van der Waals surface area contributed by atoms with Crippen molar-refractivity contribution in [3.05, 3.63) is 41.7 Å². The van der Waals surface area contributed by atoms with E-state index in [2.05, 4.69) is 10.6 Å². The Balaban J connectivity index is 2.13. The number of likely N-dealkylation sites (N-methyl/N-ethyl adjacent to an activating group) is 1. The molecule has 1 aromatic carbocycles. The van der Waals surface area contributed by atoms with Crippen LogP contribution in [0.25, 0.3) is 17.0 Å². The monoisotopic (exact) mass is 314 g/mol. The molecule has 0 aliphatic carbocycles. The van der Waals surface area contributed by atoms with Crippen LogP contribution in [0.5, 0.6) is 0 Å². The molecule has 0 saturated carbocycles. The maximum atomic E-state index is 12.0. The van der Waals surface area contributed by atoms with Gasteiger partial charge in [0.25, 0.3) is 0 Å². The fraction of sp³-hybridized carbons (Fsp3) is 0.333. The van der Waals surface area contributed by atoms with Crippen molar-refractivity contribution < 1.29 is 14.0 Å². The molecular formula is C18H22N2O3. The Labute approximate surface area is 135 Å². The Morgan fingerprint density at radius 3 is 2.70 bits per heavy atom. The zero-order valence-electron chi connectivity index (χ0n) is 13.7. The number of para-hydroxylation sites is 1. The molecule has 2 aromatic rings. The number of hydrogen-bond acceptors (Lipinski definition) is 3. The smallest absolute Gasteiger partial charge is 0.244 e. The summed E-state index contributed by atoms with van der Waals surface area (Å²) in [4.78, 5) is 23.6. The minimum Gasteiger partial charge on any atom is -0.460 e. The van der Waals surface area contributed by atoms with Crippen molar-refractivity contribution in [1.82, 2.24) is 10.6 Å². The van der Waals surface area contributed by atoms with Crippen LogP contribution in [0.3, 0.4) is 0 Å². The maximum absolute atomic E-state index is 12.0. The molecular weight excluding hydrogens is 292 g/mol. The van der Waals surface area contributed by atoms with E-state index in [1.54, 1.807) is 13.0 Å². The zero-order valence-corrected chi connectivity index (χ0v) is 13.7. The highest BCUT2D eigenvalue weighted by Gasteiger charge is 2.14. The van der Waals surface area contributed by atoms with Gasteiger partial charge in [-0.2, -0.15) is 0 Å². The normalized spacial score (nSPS) is 12.5. The van der Waals surface area contributed by atoms with E-state index in [0.29, 0.717) is 6.54 Å². The van der Waals surface area contributed by atoms with Gasteiger partial charge in [0, 0.05) is 30.0 Å². The van der Waals surface area contributed by atoms with Crippen LogP contribution in [0.2, 0.25) is 0 Å². The molecule has 1 heterocycles. The summed E-state index contributed by atoms with van der Waals surface area (Å²) in [7, 11) is 0. The molecule has 0 aliphatic heterocycles. The average molecular weight is 314 g/mol. The second kappa shape index (κ2) is 7.63. The first-order chi connectivity index (χ1) is 11.1. The van der Waals surface area contributed by atoms with E-state index in [9.17, 15) is 9.59 Å². The summed E-state index contributed by atoms with van der Waals surface area (Å²) in [5.74, 6) is 0.334. The highest BCUT2D eigenvalue weighted by atomic mass is 16.3. The van der Waals surface area contributed by atoms with Crippen molar-refractivity contribution in [2.75, 3.05) is 6.54 Å². The minimum absolute atomic E-state index is 0.197. The Hall–Kier alpha value is -2.56. The topological polar surface area (TPSA) is 71.3 Å². The summed E-state index contributed by atoms with van der Waals surface area (Å²) in [6.07, 6.45) is 3.92. The SMILES string of the molecule is CCNC(=O)[C@H](C)NC(=O)/C=C/c1c(CC)oc2ccccc12. The molecule has 5 heteroatoms. The predicted octanol–water partition coefficient (Wildman–Crippen LogP) is 2.65. The van der Waals surface area contributed by atoms with Gasteiger partial charge in [-0.3, -0.25) is 9.59 Å². The van der Waals surface area contributed by atoms with Crippen molar-refractivity contribution in [3.8, 4) is 0 Å². The molecule has 2 amide bonds. The number of furan rings is 1. The lowest BCUT2D eigenvalue weighted by Crippen LogP contribution is -2.44. The van der Waals surface area contributed by atoms with E-state index in [1.807, 2.05) is 38.1 Å². The summed E-state index contributed by atoms with van der Waals surface area (Å²) in [6.45, 7) is 6.03. The van der Waals surface area contributed by atoms with Crippen molar-refractivity contribution in [2.24, 2.45) is 0 Å². The lowest BCUT2D eigenvalue weighted by atomic mass is 10.1. The van der Waals surface area contributed by atoms with Gasteiger partial charge < -0.3 is 15.1 Å². The summed E-state index contributed by atoms with van der Waals surface area (Å²) in [5, 5.41) is 6.29. The van der Waals surface area contributed by atoms with E-state index < -0.39 is 6.04 Å². The molecule has 2 N–H and O–H groups in total. The molecule has 2 rings (SSSR count). The van der Waals surface area contributed by atoms with Gasteiger partial charge in [0.1, 0.15) is 17.4 Å². The number of carbonyl (C=O) groups excluding carboxylic acids is 2. The first kappa shape index (κ1) is 16.8. The molecule has 0 spiro atoms. The first-order valence-corrected chi connectivity index (χ1v) is 7.83. The number of fused-ring (bicyclic) bond motifs is 1. The second-order valence-electron chi connectivity index (χ2n) is 5.25. The fourth-order valence-corrected chi connectivity index (χ4v) is 2.37. The third kappa shape index (κ3) is 4.00. The van der Waals surface area contributed by atoms with Crippen LogP contribution in [0, 0.1) is 0 Å². The Morgan fingerprint density at radius 1 is 1.26 bits per heavy atom. The van der Waals surface area contributed by atoms with Gasteiger partial charge in [-0.15, -0.1) is 0 Å². The first-order valence-electron chi connectivity index (χ1n) is 7.83. The van der Waals surface area contributed by atoms with E-state index in [4.69, 9.17) is 4.42 Å². The highest BCUT2D eigenvalue weighted by Crippen LogP contribution is 2.27. The Morgan fingerprint density at radius 2 is 2.00 bits per heavy atom. The third-order valence-electron chi connectivity index (χ3n) is 3.54. The lowest BCUT2D eigenvalue weighted by Gasteiger charge is -2.11. The maximum Gasteiger partial charge on any atom is 0.244 e.